The van der Waals surface area contributed by atoms with Gasteiger partial charge in [0.25, 0.3) is 0 Å². The molecule has 5 aromatic rings. The summed E-state index contributed by atoms with van der Waals surface area (Å²) < 4.78 is 8.24. The lowest BCUT2D eigenvalue weighted by molar-refractivity contribution is -0.169. The van der Waals surface area contributed by atoms with E-state index in [-0.39, 0.29) is 29.6 Å². The van der Waals surface area contributed by atoms with Gasteiger partial charge in [0.15, 0.2) is 0 Å². The molecular formula is C47H52N6O5S2. The first-order valence-corrected chi connectivity index (χ1v) is 23.0. The largest absolute Gasteiger partial charge is 0.506 e. The van der Waals surface area contributed by atoms with Gasteiger partial charge in [0.2, 0.25) is 11.5 Å². The highest BCUT2D eigenvalue weighted by Crippen LogP contribution is 2.42. The monoisotopic (exact) mass is 844 g/mol. The van der Waals surface area contributed by atoms with Gasteiger partial charge in [0.05, 0.1) is 21.0 Å². The first-order chi connectivity index (χ1) is 29.3. The fourth-order valence-electron chi connectivity index (χ4n) is 9.58. The Morgan fingerprint density at radius 3 is 2.68 bits per heavy atom. The molecule has 3 atom stereocenters. The van der Waals surface area contributed by atoms with Gasteiger partial charge < -0.3 is 30.5 Å². The Hall–Kier alpha value is -4.92. The molecule has 0 spiro atoms. The molecule has 0 bridgehead atoms. The van der Waals surface area contributed by atoms with Crippen LogP contribution >= 0.6 is 22.7 Å². The molecule has 2 unspecified atom stereocenters. The number of aryl methyl sites for hydroxylation is 2. The van der Waals surface area contributed by atoms with Gasteiger partial charge in [-0.25, -0.2) is 9.48 Å². The van der Waals surface area contributed by atoms with Crippen LogP contribution in [0.5, 0.6) is 0 Å². The minimum Gasteiger partial charge on any atom is -0.506 e. The van der Waals surface area contributed by atoms with Crippen LogP contribution in [-0.4, -0.2) is 74.3 Å². The van der Waals surface area contributed by atoms with E-state index in [9.17, 15) is 19.8 Å². The third-order valence-corrected chi connectivity index (χ3v) is 15.1. The number of carbonyl (C=O) groups excluding carboxylic acids is 2. The summed E-state index contributed by atoms with van der Waals surface area (Å²) in [5.74, 6) is -0.475. The number of hydrogen-bond donors (Lipinski definition) is 4. The van der Waals surface area contributed by atoms with Crippen molar-refractivity contribution in [2.45, 2.75) is 88.6 Å². The second kappa shape index (κ2) is 17.6. The molecule has 0 radical (unpaired) electrons. The number of amides is 1. The second-order valence-corrected chi connectivity index (χ2v) is 18.6. The first-order valence-electron chi connectivity index (χ1n) is 21.3. The van der Waals surface area contributed by atoms with E-state index < -0.39 is 11.6 Å². The normalized spacial score (nSPS) is 22.2. The number of benzene rings is 2. The Kier molecular flexibility index (Phi) is 11.9. The van der Waals surface area contributed by atoms with Gasteiger partial charge in [-0.3, -0.25) is 4.79 Å². The molecule has 1 amide bonds. The third kappa shape index (κ3) is 8.13. The summed E-state index contributed by atoms with van der Waals surface area (Å²) in [7, 11) is 2.19. The fourth-order valence-corrected chi connectivity index (χ4v) is 11.6. The van der Waals surface area contributed by atoms with Crippen LogP contribution in [-0.2, 0) is 45.9 Å². The van der Waals surface area contributed by atoms with Crippen molar-refractivity contribution in [1.82, 2.24) is 30.5 Å². The minimum absolute atomic E-state index is 0.0190. The zero-order valence-electron chi connectivity index (χ0n) is 33.9. The van der Waals surface area contributed by atoms with E-state index in [0.717, 1.165) is 99.9 Å². The molecule has 9 rings (SSSR count). The molecule has 3 aromatic heterocycles. The van der Waals surface area contributed by atoms with E-state index in [1.54, 1.807) is 12.2 Å². The summed E-state index contributed by atoms with van der Waals surface area (Å²) in [6.45, 7) is 3.30. The molecule has 1 fully saturated rings. The molecule has 0 saturated heterocycles. The summed E-state index contributed by atoms with van der Waals surface area (Å²) in [4.78, 5) is 30.3. The van der Waals surface area contributed by atoms with Gasteiger partial charge in [-0.2, -0.15) is 0 Å². The first kappa shape index (κ1) is 40.5. The number of carbonyl (C=O) groups is 2. The number of aliphatic hydroxyl groups excluding tert-OH is 1. The Balaban J connectivity index is 0.762. The van der Waals surface area contributed by atoms with E-state index >= 15 is 0 Å². The van der Waals surface area contributed by atoms with E-state index in [1.807, 2.05) is 72.1 Å². The molecule has 1 aliphatic heterocycles. The average molecular weight is 845 g/mol. The number of fused-ring (bicyclic) bond motifs is 4. The van der Waals surface area contributed by atoms with Gasteiger partial charge >= 0.3 is 5.97 Å². The molecule has 312 valence electrons. The molecule has 11 nitrogen and oxygen atoms in total. The molecule has 4 aliphatic rings. The number of rotatable bonds is 15. The number of nitrogens with one attached hydrogen (secondary N) is 2. The quantitative estimate of drug-likeness (QED) is 0.0621. The van der Waals surface area contributed by atoms with Gasteiger partial charge in [-0.1, -0.05) is 53.8 Å². The third-order valence-electron chi connectivity index (χ3n) is 12.8. The molecule has 60 heavy (non-hydrogen) atoms. The molecule has 1 saturated carbocycles. The van der Waals surface area contributed by atoms with Crippen LogP contribution in [0.3, 0.4) is 0 Å². The van der Waals surface area contributed by atoms with Crippen LogP contribution in [0.25, 0.3) is 21.5 Å². The van der Waals surface area contributed by atoms with Gasteiger partial charge in [-0.15, -0.1) is 27.8 Å². The highest BCUT2D eigenvalue weighted by atomic mass is 32.1. The SMILES string of the molecule is CN(CCCn1nnc2cc(CNCCC3C=CC(O)=C4NC(=O)C=CC43)c3c(c21)CCC3)C1CCC(OC(=O)[C@@](O)(c2cccs2)c2ccc(-c3ccccc3)s2)CC1. The summed E-state index contributed by atoms with van der Waals surface area (Å²) in [6, 6.07) is 20.1. The summed E-state index contributed by atoms with van der Waals surface area (Å²) in [5.41, 5.74) is 6.05. The van der Waals surface area contributed by atoms with E-state index in [0.29, 0.717) is 21.5 Å². The van der Waals surface area contributed by atoms with E-state index in [2.05, 4.69) is 43.6 Å². The van der Waals surface area contributed by atoms with E-state index in [1.165, 1.54) is 44.9 Å². The Labute approximate surface area is 358 Å². The zero-order valence-corrected chi connectivity index (χ0v) is 35.5. The predicted molar refractivity (Wildman–Crippen MR) is 235 cm³/mol. The minimum atomic E-state index is -1.85. The maximum Gasteiger partial charge on any atom is 0.349 e. The van der Waals surface area contributed by atoms with Crippen LogP contribution in [0, 0.1) is 11.8 Å². The molecular weight excluding hydrogens is 793 g/mol. The lowest BCUT2D eigenvalue weighted by atomic mass is 9.81. The maximum atomic E-state index is 13.9. The van der Waals surface area contributed by atoms with Crippen molar-refractivity contribution in [2.75, 3.05) is 20.1 Å². The fraction of sp³-hybridized carbons (Fsp3) is 0.404. The van der Waals surface area contributed by atoms with Gasteiger partial charge in [0, 0.05) is 29.9 Å². The van der Waals surface area contributed by atoms with Crippen LogP contribution < -0.4 is 10.6 Å². The number of allylic oxidation sites excluding steroid dienone is 3. The number of aliphatic hydroxyl groups is 2. The second-order valence-electron chi connectivity index (χ2n) is 16.6. The van der Waals surface area contributed by atoms with Crippen molar-refractivity contribution in [3.05, 3.63) is 128 Å². The molecule has 13 heteroatoms. The van der Waals surface area contributed by atoms with E-state index in [4.69, 9.17) is 4.74 Å². The maximum absolute atomic E-state index is 13.9. The average Bonchev–Trinajstić information content (AvgIpc) is 4.12. The van der Waals surface area contributed by atoms with Crippen molar-refractivity contribution < 1.29 is 24.5 Å². The number of ether oxygens (including phenoxy) is 1. The van der Waals surface area contributed by atoms with Crippen LogP contribution in [0.1, 0.15) is 71.4 Å². The van der Waals surface area contributed by atoms with Crippen molar-refractivity contribution in [2.24, 2.45) is 11.8 Å². The lowest BCUT2D eigenvalue weighted by Gasteiger charge is -2.35. The zero-order chi connectivity index (χ0) is 41.2. The summed E-state index contributed by atoms with van der Waals surface area (Å²) in [5, 5.41) is 40.0. The number of hydrogen-bond acceptors (Lipinski definition) is 11. The van der Waals surface area contributed by atoms with Gasteiger partial charge in [-0.05, 0) is 148 Å². The van der Waals surface area contributed by atoms with Gasteiger partial charge in [0.1, 0.15) is 17.4 Å². The lowest BCUT2D eigenvalue weighted by Crippen LogP contribution is -2.42. The molecule has 4 N–H and O–H groups in total. The number of nitrogens with zero attached hydrogens (tertiary/aromatic N) is 4. The Bertz CT molecular complexity index is 2430. The highest BCUT2D eigenvalue weighted by molar-refractivity contribution is 7.16. The summed E-state index contributed by atoms with van der Waals surface area (Å²) >= 11 is 2.79. The van der Waals surface area contributed by atoms with Crippen molar-refractivity contribution in [3.63, 3.8) is 0 Å². The number of aromatic nitrogens is 3. The molecule has 3 aliphatic carbocycles. The standard InChI is InChI=1S/C47H52N6O5S2/c1-52(33-14-16-34(17-15-33)58-46(56)47(57,41-12-6-27-59-41)42-21-20-40(60-42)31-8-3-2-4-9-31)25-7-26-53-45-37-11-5-10-35(37)32(28-38(45)50-51-53)29-48-24-23-30-13-19-39(54)44-36(30)18-22-43(55)49-44/h2-4,6,8-9,12-13,18-22,27-28,30,33-34,36,48,54,57H,5,7,10-11,14-17,23-26,29H2,1H3,(H,49,55)/t30?,33?,34?,36?,47-/m1/s1. The van der Waals surface area contributed by atoms with Crippen LogP contribution in [0.15, 0.2) is 102 Å². The Morgan fingerprint density at radius 2 is 1.87 bits per heavy atom. The van der Waals surface area contributed by atoms with Crippen molar-refractivity contribution >= 4 is 45.6 Å². The smallest absolute Gasteiger partial charge is 0.349 e. The predicted octanol–water partition coefficient (Wildman–Crippen LogP) is 7.56. The summed E-state index contributed by atoms with van der Waals surface area (Å²) in [6.07, 6.45) is 15.4. The van der Waals surface area contributed by atoms with Crippen LogP contribution in [0.4, 0.5) is 0 Å². The highest BCUT2D eigenvalue weighted by Gasteiger charge is 2.45. The number of esters is 1. The van der Waals surface area contributed by atoms with Crippen molar-refractivity contribution in [3.8, 4) is 10.4 Å². The number of thiophene rings is 2. The van der Waals surface area contributed by atoms with Crippen molar-refractivity contribution in [1.29, 1.82) is 0 Å². The molecule has 2 aromatic carbocycles. The topological polar surface area (TPSA) is 142 Å². The molecule has 4 heterocycles. The Morgan fingerprint density at radius 1 is 1.03 bits per heavy atom. The van der Waals surface area contributed by atoms with Crippen LogP contribution in [0.2, 0.25) is 0 Å².